The molecule has 2 fully saturated rings. The first-order chi connectivity index (χ1) is 15.7. The van der Waals surface area contributed by atoms with E-state index in [0.717, 1.165) is 57.3 Å². The van der Waals surface area contributed by atoms with Gasteiger partial charge in [0, 0.05) is 24.2 Å². The smallest absolute Gasteiger partial charge is 0.340 e. The maximum Gasteiger partial charge on any atom is 0.416 e. The molecule has 1 aromatic rings. The summed E-state index contributed by atoms with van der Waals surface area (Å²) in [5.74, 6) is -0.324. The number of rotatable bonds is 8. The summed E-state index contributed by atoms with van der Waals surface area (Å²) < 4.78 is 38.9. The molecule has 1 aromatic carbocycles. The minimum atomic E-state index is -4.52. The lowest BCUT2D eigenvalue weighted by Crippen LogP contribution is -2.51. The maximum atomic E-state index is 13.2. The first-order valence-corrected chi connectivity index (χ1v) is 12.2. The summed E-state index contributed by atoms with van der Waals surface area (Å²) in [5, 5.41) is 2.68. The number of nitrogens with one attached hydrogen (secondary N) is 1. The summed E-state index contributed by atoms with van der Waals surface area (Å²) in [7, 11) is 0. The Balaban J connectivity index is 1.66. The topological polar surface area (TPSA) is 52.6 Å². The largest absolute Gasteiger partial charge is 0.416 e. The van der Waals surface area contributed by atoms with Crippen LogP contribution in [0, 0.1) is 5.92 Å². The van der Waals surface area contributed by atoms with Crippen LogP contribution in [0.2, 0.25) is 0 Å². The van der Waals surface area contributed by atoms with Crippen LogP contribution in [0.25, 0.3) is 0 Å². The van der Waals surface area contributed by atoms with Crippen molar-refractivity contribution < 1.29 is 22.8 Å². The van der Waals surface area contributed by atoms with Crippen molar-refractivity contribution in [3.8, 4) is 0 Å². The Morgan fingerprint density at radius 2 is 1.88 bits per heavy atom. The molecule has 0 aromatic heterocycles. The lowest BCUT2D eigenvalue weighted by Gasteiger charge is -2.44. The van der Waals surface area contributed by atoms with Crippen molar-refractivity contribution in [2.75, 3.05) is 19.6 Å². The Morgan fingerprint density at radius 1 is 1.15 bits per heavy atom. The number of hydrogen-bond donors (Lipinski definition) is 1. The normalized spacial score (nSPS) is 26.2. The molecule has 1 N–H and O–H groups in total. The van der Waals surface area contributed by atoms with Crippen LogP contribution in [0.1, 0.15) is 75.2 Å². The Morgan fingerprint density at radius 3 is 2.52 bits per heavy atom. The van der Waals surface area contributed by atoms with Crippen molar-refractivity contribution in [2.24, 2.45) is 5.92 Å². The minimum Gasteiger partial charge on any atom is -0.340 e. The van der Waals surface area contributed by atoms with Gasteiger partial charge < -0.3 is 15.1 Å². The number of carbonyl (C=O) groups is 2. The lowest BCUT2D eigenvalue weighted by atomic mass is 9.78. The zero-order valence-corrected chi connectivity index (χ0v) is 19.8. The minimum absolute atomic E-state index is 0.0836. The number of nitrogens with zero attached hydrogens (tertiary/aromatic N) is 2. The van der Waals surface area contributed by atoms with Gasteiger partial charge in [-0.1, -0.05) is 33.3 Å². The number of amides is 2. The van der Waals surface area contributed by atoms with Gasteiger partial charge >= 0.3 is 6.18 Å². The molecular weight excluding hydrogens is 431 g/mol. The van der Waals surface area contributed by atoms with Crippen molar-refractivity contribution in [1.82, 2.24) is 15.1 Å². The Labute approximate surface area is 194 Å². The molecule has 2 aliphatic rings. The molecule has 33 heavy (non-hydrogen) atoms. The molecule has 8 heteroatoms. The quantitative estimate of drug-likeness (QED) is 0.602. The van der Waals surface area contributed by atoms with E-state index in [1.807, 2.05) is 4.90 Å². The fourth-order valence-corrected chi connectivity index (χ4v) is 5.63. The van der Waals surface area contributed by atoms with Crippen LogP contribution in [0.5, 0.6) is 0 Å². The van der Waals surface area contributed by atoms with E-state index in [4.69, 9.17) is 0 Å². The fourth-order valence-electron chi connectivity index (χ4n) is 5.63. The molecule has 3 rings (SSSR count). The summed E-state index contributed by atoms with van der Waals surface area (Å²) in [6.45, 7) is 9.17. The maximum absolute atomic E-state index is 13.2. The third-order valence-electron chi connectivity index (χ3n) is 7.30. The highest BCUT2D eigenvalue weighted by molar-refractivity contribution is 5.98. The number of hydrogen-bond acceptors (Lipinski definition) is 3. The lowest BCUT2D eigenvalue weighted by molar-refractivity contribution is -0.137. The van der Waals surface area contributed by atoms with E-state index in [9.17, 15) is 22.8 Å². The van der Waals surface area contributed by atoms with Gasteiger partial charge in [-0.3, -0.25) is 9.59 Å². The van der Waals surface area contributed by atoms with Crippen molar-refractivity contribution in [3.63, 3.8) is 0 Å². The van der Waals surface area contributed by atoms with Gasteiger partial charge in [0.2, 0.25) is 5.91 Å². The predicted molar refractivity (Wildman–Crippen MR) is 122 cm³/mol. The van der Waals surface area contributed by atoms with Crippen molar-refractivity contribution in [3.05, 3.63) is 35.4 Å². The van der Waals surface area contributed by atoms with E-state index < -0.39 is 23.7 Å². The summed E-state index contributed by atoms with van der Waals surface area (Å²) in [4.78, 5) is 30.2. The molecule has 1 aliphatic carbocycles. The summed E-state index contributed by atoms with van der Waals surface area (Å²) >= 11 is 0. The molecular formula is C25H36F3N3O2. The van der Waals surface area contributed by atoms with E-state index in [2.05, 4.69) is 31.0 Å². The third-order valence-corrected chi connectivity index (χ3v) is 7.30. The summed E-state index contributed by atoms with van der Waals surface area (Å²) in [6.07, 6.45) is 1.17. The van der Waals surface area contributed by atoms with Crippen molar-refractivity contribution in [2.45, 2.75) is 83.6 Å². The molecule has 4 atom stereocenters. The molecule has 0 spiro atoms. The molecule has 0 radical (unpaired) electrons. The second-order valence-corrected chi connectivity index (χ2v) is 9.23. The molecule has 2 amide bonds. The van der Waals surface area contributed by atoms with Crippen LogP contribution < -0.4 is 5.32 Å². The summed E-state index contributed by atoms with van der Waals surface area (Å²) in [6, 6.07) is 4.34. The first-order valence-electron chi connectivity index (χ1n) is 12.2. The van der Waals surface area contributed by atoms with Gasteiger partial charge in [-0.05, 0) is 69.3 Å². The highest BCUT2D eigenvalue weighted by Gasteiger charge is 2.42. The van der Waals surface area contributed by atoms with E-state index >= 15 is 0 Å². The fraction of sp³-hybridized carbons (Fsp3) is 0.680. The van der Waals surface area contributed by atoms with Gasteiger partial charge in [-0.15, -0.1) is 0 Å². The number of likely N-dealkylation sites (tertiary alicyclic amines) is 1. The molecule has 5 nitrogen and oxygen atoms in total. The average Bonchev–Trinajstić information content (AvgIpc) is 3.14. The van der Waals surface area contributed by atoms with Crippen LogP contribution in [-0.2, 0) is 11.0 Å². The van der Waals surface area contributed by atoms with Crippen LogP contribution in [0.15, 0.2) is 24.3 Å². The standard InChI is InChI=1S/C25H36F3N3O2/c1-4-8-17-16-20(30(5-2)6-3)11-12-22(17)31-14-13-21(24(31)33)29-23(32)18-9-7-10-19(15-18)25(26,27)28/h7,9-10,15,17,20-22H,4-6,8,11-14,16H2,1-3H3,(H,29,32)/t17-,20-,21?,22+/m1/s1. The molecule has 1 saturated carbocycles. The number of carbonyl (C=O) groups excluding carboxylic acids is 2. The number of alkyl halides is 3. The van der Waals surface area contributed by atoms with Gasteiger partial charge in [0.05, 0.1) is 5.56 Å². The average molecular weight is 468 g/mol. The Bertz CT molecular complexity index is 825. The zero-order chi connectivity index (χ0) is 24.2. The molecule has 1 saturated heterocycles. The van der Waals surface area contributed by atoms with E-state index in [1.165, 1.54) is 12.1 Å². The van der Waals surface area contributed by atoms with Crippen molar-refractivity contribution >= 4 is 11.8 Å². The van der Waals surface area contributed by atoms with Gasteiger partial charge in [-0.25, -0.2) is 0 Å². The molecule has 1 aliphatic heterocycles. The molecule has 1 unspecified atom stereocenters. The van der Waals surface area contributed by atoms with Gasteiger partial charge in [0.1, 0.15) is 6.04 Å². The third kappa shape index (κ3) is 5.89. The van der Waals surface area contributed by atoms with Crippen LogP contribution in [0.3, 0.4) is 0 Å². The molecule has 1 heterocycles. The van der Waals surface area contributed by atoms with Gasteiger partial charge in [-0.2, -0.15) is 13.2 Å². The molecule has 184 valence electrons. The predicted octanol–water partition coefficient (Wildman–Crippen LogP) is 4.72. The number of halogens is 3. The van der Waals surface area contributed by atoms with Gasteiger partial charge in [0.15, 0.2) is 0 Å². The van der Waals surface area contributed by atoms with Crippen molar-refractivity contribution in [1.29, 1.82) is 0 Å². The molecule has 0 bridgehead atoms. The zero-order valence-electron chi connectivity index (χ0n) is 19.8. The second kappa shape index (κ2) is 10.9. The summed E-state index contributed by atoms with van der Waals surface area (Å²) in [5.41, 5.74) is -0.957. The highest BCUT2D eigenvalue weighted by Crippen LogP contribution is 2.36. The SMILES string of the molecule is CCC[C@@H]1C[C@H](N(CC)CC)CC[C@@H]1N1CCC(NC(=O)c2cccc(C(F)(F)F)c2)C1=O. The number of benzene rings is 1. The Hall–Kier alpha value is -2.09. The Kier molecular flexibility index (Phi) is 8.43. The van der Waals surface area contributed by atoms with E-state index in [-0.39, 0.29) is 17.5 Å². The van der Waals surface area contributed by atoms with E-state index in [1.54, 1.807) is 0 Å². The van der Waals surface area contributed by atoms with E-state index in [0.29, 0.717) is 24.9 Å². The second-order valence-electron chi connectivity index (χ2n) is 9.23. The van der Waals surface area contributed by atoms with Crippen LogP contribution >= 0.6 is 0 Å². The monoisotopic (exact) mass is 467 g/mol. The van der Waals surface area contributed by atoms with Gasteiger partial charge in [0.25, 0.3) is 5.91 Å². The first kappa shape index (κ1) is 25.5. The van der Waals surface area contributed by atoms with Crippen LogP contribution in [-0.4, -0.2) is 59.4 Å². The van der Waals surface area contributed by atoms with Crippen LogP contribution in [0.4, 0.5) is 13.2 Å². The highest BCUT2D eigenvalue weighted by atomic mass is 19.4.